The third kappa shape index (κ3) is 6.06. The number of aromatic nitrogens is 4. The van der Waals surface area contributed by atoms with Gasteiger partial charge in [-0.2, -0.15) is 9.40 Å². The summed E-state index contributed by atoms with van der Waals surface area (Å²) in [4.78, 5) is 11.6. The predicted molar refractivity (Wildman–Crippen MR) is 145 cm³/mol. The first-order valence-electron chi connectivity index (χ1n) is 9.74. The molecule has 13 heteroatoms. The average Bonchev–Trinajstić information content (AvgIpc) is 3.40. The number of likely N-dealkylation sites (N-methyl/N-ethyl adjacent to an activating group) is 2. The van der Waals surface area contributed by atoms with Crippen LogP contribution < -0.4 is 0 Å². The van der Waals surface area contributed by atoms with Gasteiger partial charge in [-0.3, -0.25) is 5.10 Å². The van der Waals surface area contributed by atoms with E-state index in [1.807, 2.05) is 50.2 Å². The van der Waals surface area contributed by atoms with Crippen LogP contribution in [0.5, 0.6) is 0 Å². The second-order valence-electron chi connectivity index (χ2n) is 7.61. The number of hydrogen-bond acceptors (Lipinski definition) is 7. The molecule has 0 spiro atoms. The van der Waals surface area contributed by atoms with E-state index in [1.54, 1.807) is 19.3 Å². The van der Waals surface area contributed by atoms with Crippen LogP contribution in [-0.4, -0.2) is 72.0 Å². The fourth-order valence-electron chi connectivity index (χ4n) is 3.26. The highest BCUT2D eigenvalue weighted by Crippen LogP contribution is 2.35. The molecule has 34 heavy (non-hydrogen) atoms. The lowest BCUT2D eigenvalue weighted by molar-refractivity contribution is 0.359. The van der Waals surface area contributed by atoms with Crippen LogP contribution in [0.3, 0.4) is 0 Å². The number of aromatic amines is 1. The van der Waals surface area contributed by atoms with Gasteiger partial charge in [0.1, 0.15) is 10.5 Å². The Morgan fingerprint density at radius 1 is 1.00 bits per heavy atom. The van der Waals surface area contributed by atoms with Gasteiger partial charge in [-0.25, -0.2) is 18.4 Å². The van der Waals surface area contributed by atoms with Crippen LogP contribution in [0.2, 0.25) is 0 Å². The maximum Gasteiger partial charge on any atom is 0.252 e. The molecule has 4 rings (SSSR count). The molecule has 0 aliphatic rings. The third-order valence-electron chi connectivity index (χ3n) is 5.12. The molecule has 0 fully saturated rings. The first kappa shape index (κ1) is 30.2. The van der Waals surface area contributed by atoms with Gasteiger partial charge in [0, 0.05) is 36.8 Å². The van der Waals surface area contributed by atoms with E-state index in [4.69, 9.17) is 0 Å². The van der Waals surface area contributed by atoms with Crippen LogP contribution in [0.4, 0.5) is 0 Å². The largest absolute Gasteiger partial charge is 0.308 e. The number of thiophene rings is 1. The lowest BCUT2D eigenvalue weighted by Gasteiger charge is -2.18. The molecule has 186 valence electrons. The molecule has 3 heterocycles. The number of rotatable bonds is 7. The predicted octanol–water partition coefficient (Wildman–Crippen LogP) is 4.50. The Morgan fingerprint density at radius 3 is 2.38 bits per heavy atom. The molecular weight excluding hydrogens is 539 g/mol. The molecule has 0 saturated carbocycles. The number of nitrogens with one attached hydrogen (secondary N) is 1. The quantitative estimate of drug-likeness (QED) is 0.354. The minimum Gasteiger partial charge on any atom is -0.308 e. The second kappa shape index (κ2) is 12.3. The van der Waals surface area contributed by atoms with E-state index in [-0.39, 0.29) is 37.2 Å². The number of fused-ring (bicyclic) bond motifs is 1. The number of H-pyrrole nitrogens is 1. The van der Waals surface area contributed by atoms with Crippen LogP contribution in [0.25, 0.3) is 32.6 Å². The van der Waals surface area contributed by atoms with E-state index >= 15 is 0 Å². The summed E-state index contributed by atoms with van der Waals surface area (Å²) in [7, 11) is 1.89. The number of hydrogen-bond donors (Lipinski definition) is 1. The molecule has 8 nitrogen and oxygen atoms in total. The van der Waals surface area contributed by atoms with Crippen LogP contribution in [0, 0.1) is 6.92 Å². The number of halogens is 3. The van der Waals surface area contributed by atoms with Gasteiger partial charge in [0.15, 0.2) is 0 Å². The average molecular weight is 566 g/mol. The Balaban J connectivity index is 0.00000193. The van der Waals surface area contributed by atoms with Gasteiger partial charge in [-0.15, -0.1) is 48.6 Å². The first-order chi connectivity index (χ1) is 14.8. The molecule has 0 radical (unpaired) electrons. The molecule has 0 aliphatic heterocycles. The minimum absolute atomic E-state index is 0. The fourth-order valence-corrected chi connectivity index (χ4v) is 5.95. The summed E-state index contributed by atoms with van der Waals surface area (Å²) in [6, 6.07) is 9.44. The van der Waals surface area contributed by atoms with Gasteiger partial charge < -0.3 is 4.90 Å². The minimum atomic E-state index is -3.55. The van der Waals surface area contributed by atoms with Crippen molar-refractivity contribution < 1.29 is 8.42 Å². The van der Waals surface area contributed by atoms with Gasteiger partial charge in [0.25, 0.3) is 10.0 Å². The summed E-state index contributed by atoms with van der Waals surface area (Å²) in [5.74, 6) is 0. The highest BCUT2D eigenvalue weighted by molar-refractivity contribution is 7.91. The summed E-state index contributed by atoms with van der Waals surface area (Å²) in [6.07, 6.45) is 3.30. The first-order valence-corrected chi connectivity index (χ1v) is 12.0. The van der Waals surface area contributed by atoms with E-state index in [0.717, 1.165) is 38.3 Å². The van der Waals surface area contributed by atoms with Crippen molar-refractivity contribution in [2.75, 3.05) is 34.2 Å². The lowest BCUT2D eigenvalue weighted by Crippen LogP contribution is -2.33. The topological polar surface area (TPSA) is 95.1 Å². The zero-order chi connectivity index (χ0) is 22.2. The van der Waals surface area contributed by atoms with Crippen LogP contribution >= 0.6 is 48.6 Å². The van der Waals surface area contributed by atoms with Crippen molar-refractivity contribution in [3.63, 3.8) is 0 Å². The maximum absolute atomic E-state index is 13.0. The number of benzene rings is 1. The molecule has 0 atom stereocenters. The van der Waals surface area contributed by atoms with Gasteiger partial charge in [0.05, 0.1) is 22.3 Å². The molecule has 0 saturated heterocycles. The van der Waals surface area contributed by atoms with Crippen molar-refractivity contribution in [3.8, 4) is 21.7 Å². The van der Waals surface area contributed by atoms with Crippen molar-refractivity contribution in [1.82, 2.24) is 29.4 Å². The summed E-state index contributed by atoms with van der Waals surface area (Å²) >= 11 is 1.22. The third-order valence-corrected chi connectivity index (χ3v) is 8.53. The van der Waals surface area contributed by atoms with E-state index < -0.39 is 10.0 Å². The van der Waals surface area contributed by atoms with Gasteiger partial charge in [-0.1, -0.05) is 6.07 Å². The second-order valence-corrected chi connectivity index (χ2v) is 11.0. The Bertz CT molecular complexity index is 1340. The SMILES string of the molecule is Cc1[nH]ncc1-c1ccc2ncnc(-c3ccc(S(=O)(=O)N(C)CCN(C)C)s3)c2c1.Cl.Cl.Cl. The number of aryl methyl sites for hydroxylation is 1. The molecule has 0 unspecified atom stereocenters. The van der Waals surface area contributed by atoms with Gasteiger partial charge in [0.2, 0.25) is 0 Å². The van der Waals surface area contributed by atoms with Gasteiger partial charge in [-0.05, 0) is 50.8 Å². The molecule has 3 aromatic heterocycles. The number of nitrogens with zero attached hydrogens (tertiary/aromatic N) is 5. The molecule has 1 aromatic carbocycles. The van der Waals surface area contributed by atoms with Crippen molar-refractivity contribution >= 4 is 69.5 Å². The Kier molecular flexibility index (Phi) is 10.9. The van der Waals surface area contributed by atoms with E-state index in [2.05, 4.69) is 20.2 Å². The zero-order valence-corrected chi connectivity index (χ0v) is 23.1. The summed E-state index contributed by atoms with van der Waals surface area (Å²) in [5.41, 5.74) is 4.51. The summed E-state index contributed by atoms with van der Waals surface area (Å²) in [5, 5.41) is 7.93. The molecule has 0 bridgehead atoms. The van der Waals surface area contributed by atoms with E-state index in [9.17, 15) is 8.42 Å². The van der Waals surface area contributed by atoms with Crippen molar-refractivity contribution in [2.24, 2.45) is 0 Å². The Hall–Kier alpha value is -1.79. The molecular formula is C21H27Cl3N6O2S2. The summed E-state index contributed by atoms with van der Waals surface area (Å²) < 4.78 is 27.6. The van der Waals surface area contributed by atoms with E-state index in [0.29, 0.717) is 17.3 Å². The van der Waals surface area contributed by atoms with Crippen LogP contribution in [-0.2, 0) is 10.0 Å². The smallest absolute Gasteiger partial charge is 0.252 e. The molecule has 4 aromatic rings. The lowest BCUT2D eigenvalue weighted by atomic mass is 10.0. The molecule has 1 N–H and O–H groups in total. The van der Waals surface area contributed by atoms with Crippen molar-refractivity contribution in [3.05, 3.63) is 48.5 Å². The van der Waals surface area contributed by atoms with Crippen molar-refractivity contribution in [1.29, 1.82) is 0 Å². The van der Waals surface area contributed by atoms with Crippen LogP contribution in [0.15, 0.2) is 47.1 Å². The normalized spacial score (nSPS) is 11.2. The molecule has 0 aliphatic carbocycles. The Labute approximate surface area is 222 Å². The van der Waals surface area contributed by atoms with E-state index in [1.165, 1.54) is 22.0 Å². The van der Waals surface area contributed by atoms with Crippen molar-refractivity contribution in [2.45, 2.75) is 11.1 Å². The fraction of sp³-hybridized carbons (Fsp3) is 0.286. The maximum atomic E-state index is 13.0. The van der Waals surface area contributed by atoms with Crippen LogP contribution in [0.1, 0.15) is 5.69 Å². The summed E-state index contributed by atoms with van der Waals surface area (Å²) in [6.45, 7) is 3.05. The highest BCUT2D eigenvalue weighted by atomic mass is 35.5. The monoisotopic (exact) mass is 564 g/mol. The molecule has 0 amide bonds. The zero-order valence-electron chi connectivity index (χ0n) is 19.0. The Morgan fingerprint density at radius 2 is 1.74 bits per heavy atom. The highest BCUT2D eigenvalue weighted by Gasteiger charge is 2.23. The number of sulfonamides is 1. The standard InChI is InChI=1S/C21H24N6O2S2.3ClH/c1-14-17(12-24-25-14)15-5-6-18-16(11-15)21(23-13-22-18)19-7-8-20(30-19)31(28,29)27(4)10-9-26(2)3;;;/h5-8,11-13H,9-10H2,1-4H3,(H,24,25);3*1H. The van der Waals surface area contributed by atoms with Gasteiger partial charge >= 0.3 is 0 Å².